The van der Waals surface area contributed by atoms with E-state index < -0.39 is 34.6 Å². The van der Waals surface area contributed by atoms with Crippen LogP contribution in [-0.2, 0) is 24.3 Å². The molecule has 0 radical (unpaired) electrons. The average Bonchev–Trinajstić information content (AvgIpc) is 2.70. The van der Waals surface area contributed by atoms with Crippen molar-refractivity contribution in [1.82, 2.24) is 15.4 Å². The van der Waals surface area contributed by atoms with Gasteiger partial charge in [0.05, 0.1) is 41.4 Å². The highest BCUT2D eigenvalue weighted by molar-refractivity contribution is 7.89. The summed E-state index contributed by atoms with van der Waals surface area (Å²) < 4.78 is 36.4. The zero-order chi connectivity index (χ0) is 21.4. The highest BCUT2D eigenvalue weighted by atomic mass is 32.2. The first-order valence-electron chi connectivity index (χ1n) is 8.42. The number of rotatable bonds is 8. The first kappa shape index (κ1) is 21.9. The molecule has 2 rings (SSSR count). The number of urea groups is 1. The Morgan fingerprint density at radius 2 is 2.03 bits per heavy atom. The van der Waals surface area contributed by atoms with Crippen LogP contribution in [0.5, 0.6) is 0 Å². The second-order valence-electron chi connectivity index (χ2n) is 5.62. The van der Waals surface area contributed by atoms with Crippen molar-refractivity contribution >= 4 is 28.0 Å². The molecule has 0 saturated carbocycles. The van der Waals surface area contributed by atoms with Gasteiger partial charge in [-0.3, -0.25) is 0 Å². The maximum atomic E-state index is 12.3. The third-order valence-corrected chi connectivity index (χ3v) is 5.07. The van der Waals surface area contributed by atoms with Crippen LogP contribution in [-0.4, -0.2) is 52.7 Å². The van der Waals surface area contributed by atoms with Crippen molar-refractivity contribution < 1.29 is 32.3 Å². The molecule has 0 atom stereocenters. The molecular formula is C18H19N3O7S. The minimum absolute atomic E-state index is 0.0351. The number of terminal acetylenes is 1. The van der Waals surface area contributed by atoms with Gasteiger partial charge in [-0.05, 0) is 25.1 Å². The summed E-state index contributed by atoms with van der Waals surface area (Å²) in [5.41, 5.74) is 0.168. The Kier molecular flexibility index (Phi) is 7.35. The number of carbonyl (C=O) groups excluding carboxylic acids is 3. The van der Waals surface area contributed by atoms with Gasteiger partial charge in [-0.1, -0.05) is 12.0 Å². The van der Waals surface area contributed by atoms with Gasteiger partial charge in [-0.2, -0.15) is 4.72 Å². The summed E-state index contributed by atoms with van der Waals surface area (Å²) in [6.07, 6.45) is 5.04. The molecule has 1 aliphatic rings. The lowest BCUT2D eigenvalue weighted by Gasteiger charge is -2.21. The Morgan fingerprint density at radius 1 is 1.28 bits per heavy atom. The van der Waals surface area contributed by atoms with Crippen molar-refractivity contribution in [3.63, 3.8) is 0 Å². The van der Waals surface area contributed by atoms with Gasteiger partial charge in [0.1, 0.15) is 6.61 Å². The Morgan fingerprint density at radius 3 is 2.72 bits per heavy atom. The molecule has 2 amide bonds. The van der Waals surface area contributed by atoms with Crippen LogP contribution in [0.2, 0.25) is 0 Å². The van der Waals surface area contributed by atoms with Crippen LogP contribution in [0.15, 0.2) is 40.4 Å². The van der Waals surface area contributed by atoms with Crippen molar-refractivity contribution in [3.8, 4) is 12.3 Å². The summed E-state index contributed by atoms with van der Waals surface area (Å²) in [4.78, 5) is 35.7. The monoisotopic (exact) mass is 421 g/mol. The molecule has 0 saturated heterocycles. The number of ether oxygens (including phenoxy) is 2. The molecular weight excluding hydrogens is 402 g/mol. The summed E-state index contributed by atoms with van der Waals surface area (Å²) in [6, 6.07) is 4.60. The summed E-state index contributed by atoms with van der Waals surface area (Å²) >= 11 is 0. The van der Waals surface area contributed by atoms with E-state index in [1.54, 1.807) is 6.92 Å². The van der Waals surface area contributed by atoms with Gasteiger partial charge < -0.3 is 20.1 Å². The maximum absolute atomic E-state index is 12.3. The Labute approximate surface area is 167 Å². The zero-order valence-corrected chi connectivity index (χ0v) is 16.3. The van der Waals surface area contributed by atoms with Gasteiger partial charge in [0.25, 0.3) is 0 Å². The molecule has 1 heterocycles. The molecule has 0 aromatic heterocycles. The molecule has 10 nitrogen and oxygen atoms in total. The second-order valence-corrected chi connectivity index (χ2v) is 7.38. The van der Waals surface area contributed by atoms with E-state index in [0.717, 1.165) is 6.07 Å². The lowest BCUT2D eigenvalue weighted by molar-refractivity contribution is -0.138. The Balaban J connectivity index is 2.16. The molecule has 1 aromatic carbocycles. The predicted molar refractivity (Wildman–Crippen MR) is 101 cm³/mol. The second kappa shape index (κ2) is 9.72. The molecule has 3 N–H and O–H groups in total. The Bertz CT molecular complexity index is 993. The van der Waals surface area contributed by atoms with E-state index in [-0.39, 0.29) is 41.4 Å². The van der Waals surface area contributed by atoms with Crippen LogP contribution >= 0.6 is 0 Å². The average molecular weight is 421 g/mol. The normalized spacial score (nSPS) is 13.7. The van der Waals surface area contributed by atoms with E-state index in [1.807, 2.05) is 0 Å². The van der Waals surface area contributed by atoms with E-state index in [2.05, 4.69) is 21.3 Å². The van der Waals surface area contributed by atoms with E-state index in [0.29, 0.717) is 0 Å². The van der Waals surface area contributed by atoms with Gasteiger partial charge in [0, 0.05) is 0 Å². The van der Waals surface area contributed by atoms with Crippen molar-refractivity contribution in [2.45, 2.75) is 11.8 Å². The SMILES string of the molecule is C#CCNS(=O)(=O)c1cccc(C(=O)OCC2=C(C(=O)OCC)CNC(=O)N2)c1. The van der Waals surface area contributed by atoms with Gasteiger partial charge in [0.2, 0.25) is 10.0 Å². The van der Waals surface area contributed by atoms with Gasteiger partial charge >= 0.3 is 18.0 Å². The third kappa shape index (κ3) is 5.81. The first-order chi connectivity index (χ1) is 13.8. The lowest BCUT2D eigenvalue weighted by Crippen LogP contribution is -2.45. The van der Waals surface area contributed by atoms with E-state index in [4.69, 9.17) is 15.9 Å². The predicted octanol–water partition coefficient (Wildman–Crippen LogP) is -0.115. The number of esters is 2. The first-order valence-corrected chi connectivity index (χ1v) is 9.91. The van der Waals surface area contributed by atoms with Crippen LogP contribution in [0.1, 0.15) is 17.3 Å². The quantitative estimate of drug-likeness (QED) is 0.393. The number of hydrogen-bond acceptors (Lipinski definition) is 7. The van der Waals surface area contributed by atoms with E-state index >= 15 is 0 Å². The lowest BCUT2D eigenvalue weighted by atomic mass is 10.1. The number of nitrogens with one attached hydrogen (secondary N) is 3. The van der Waals surface area contributed by atoms with Crippen LogP contribution in [0.4, 0.5) is 4.79 Å². The van der Waals surface area contributed by atoms with Crippen LogP contribution in [0, 0.1) is 12.3 Å². The summed E-state index contributed by atoms with van der Waals surface area (Å²) in [6.45, 7) is 1.08. The summed E-state index contributed by atoms with van der Waals surface area (Å²) in [7, 11) is -3.88. The fraction of sp³-hybridized carbons (Fsp3) is 0.278. The molecule has 0 fully saturated rings. The fourth-order valence-corrected chi connectivity index (χ4v) is 3.28. The largest absolute Gasteiger partial charge is 0.463 e. The van der Waals surface area contributed by atoms with Crippen molar-refractivity contribution in [2.24, 2.45) is 0 Å². The van der Waals surface area contributed by atoms with E-state index in [9.17, 15) is 22.8 Å². The summed E-state index contributed by atoms with van der Waals surface area (Å²) in [5, 5.41) is 4.82. The summed E-state index contributed by atoms with van der Waals surface area (Å²) in [5.74, 6) is 0.650. The smallest absolute Gasteiger partial charge is 0.338 e. The zero-order valence-electron chi connectivity index (χ0n) is 15.5. The third-order valence-electron chi connectivity index (χ3n) is 3.67. The number of benzene rings is 1. The van der Waals surface area contributed by atoms with Gasteiger partial charge in [0.15, 0.2) is 0 Å². The van der Waals surface area contributed by atoms with Crippen molar-refractivity contribution in [1.29, 1.82) is 0 Å². The standard InChI is InChI=1S/C18H19N3O7S/c1-3-8-20-29(25,26)13-7-5-6-12(9-13)16(22)28-11-15-14(17(23)27-4-2)10-19-18(24)21-15/h1,5-7,9,20H,4,8,10-11H2,2H3,(H2,19,21,24). The molecule has 0 spiro atoms. The minimum Gasteiger partial charge on any atom is -0.463 e. The molecule has 29 heavy (non-hydrogen) atoms. The Hall–Kier alpha value is -3.36. The van der Waals surface area contributed by atoms with Crippen LogP contribution < -0.4 is 15.4 Å². The minimum atomic E-state index is -3.88. The molecule has 0 unspecified atom stereocenters. The maximum Gasteiger partial charge on any atom is 0.338 e. The van der Waals surface area contributed by atoms with Crippen LogP contribution in [0.3, 0.4) is 0 Å². The number of hydrogen-bond donors (Lipinski definition) is 3. The highest BCUT2D eigenvalue weighted by Gasteiger charge is 2.25. The van der Waals surface area contributed by atoms with Crippen molar-refractivity contribution in [3.05, 3.63) is 41.1 Å². The number of amides is 2. The molecule has 154 valence electrons. The van der Waals surface area contributed by atoms with Gasteiger partial charge in [-0.25, -0.2) is 22.8 Å². The number of sulfonamides is 1. The van der Waals surface area contributed by atoms with Crippen molar-refractivity contribution in [2.75, 3.05) is 26.3 Å². The topological polar surface area (TPSA) is 140 Å². The molecule has 1 aliphatic heterocycles. The molecule has 1 aromatic rings. The highest BCUT2D eigenvalue weighted by Crippen LogP contribution is 2.14. The van der Waals surface area contributed by atoms with E-state index in [1.165, 1.54) is 18.2 Å². The molecule has 0 bridgehead atoms. The fourth-order valence-electron chi connectivity index (χ4n) is 2.30. The molecule has 0 aliphatic carbocycles. The van der Waals surface area contributed by atoms with Crippen LogP contribution in [0.25, 0.3) is 0 Å². The molecule has 11 heteroatoms. The van der Waals surface area contributed by atoms with Gasteiger partial charge in [-0.15, -0.1) is 6.42 Å². The number of carbonyl (C=O) groups is 3.